The number of hydrogen-bond acceptors (Lipinski definition) is 1. The first-order valence-electron chi connectivity index (χ1n) is 3.82. The summed E-state index contributed by atoms with van der Waals surface area (Å²) >= 11 is 0. The molecule has 0 aromatic heterocycles. The number of unbranched alkanes of at least 4 members (excludes halogenated alkanes) is 4. The molecule has 1 nitrogen and oxygen atoms in total. The van der Waals surface area contributed by atoms with Crippen molar-refractivity contribution in [3.05, 3.63) is 0 Å². The number of aliphatic imine (C=N–C) groups is 1. The Morgan fingerprint density at radius 3 is 2.56 bits per heavy atom. The highest BCUT2D eigenvalue weighted by atomic mass is 14.6. The van der Waals surface area contributed by atoms with Crippen LogP contribution in [0.25, 0.3) is 0 Å². The smallest absolute Gasteiger partial charge is 0.0273 e. The maximum atomic E-state index is 3.91. The molecule has 0 unspecified atom stereocenters. The van der Waals surface area contributed by atoms with E-state index in [0.717, 1.165) is 6.42 Å². The van der Waals surface area contributed by atoms with Gasteiger partial charge < -0.3 is 4.99 Å². The van der Waals surface area contributed by atoms with Crippen LogP contribution in [0.1, 0.15) is 39.0 Å². The zero-order chi connectivity index (χ0) is 6.95. The van der Waals surface area contributed by atoms with E-state index >= 15 is 0 Å². The van der Waals surface area contributed by atoms with Gasteiger partial charge in [0.05, 0.1) is 0 Å². The summed E-state index contributed by atoms with van der Waals surface area (Å²) in [6, 6.07) is 0. The summed E-state index contributed by atoms with van der Waals surface area (Å²) < 4.78 is 0. The van der Waals surface area contributed by atoms with E-state index in [1.807, 2.05) is 13.3 Å². The van der Waals surface area contributed by atoms with E-state index in [4.69, 9.17) is 0 Å². The van der Waals surface area contributed by atoms with Crippen molar-refractivity contribution in [2.45, 2.75) is 39.0 Å². The molecule has 0 aliphatic heterocycles. The van der Waals surface area contributed by atoms with Crippen molar-refractivity contribution in [2.24, 2.45) is 4.99 Å². The third kappa shape index (κ3) is 7.67. The third-order valence-corrected chi connectivity index (χ3v) is 1.37. The van der Waals surface area contributed by atoms with E-state index in [2.05, 4.69) is 11.9 Å². The highest BCUT2D eigenvalue weighted by Crippen LogP contribution is 1.99. The highest BCUT2D eigenvalue weighted by Gasteiger charge is 1.82. The summed E-state index contributed by atoms with van der Waals surface area (Å²) in [5, 5.41) is 0. The Hall–Kier alpha value is -0.330. The van der Waals surface area contributed by atoms with Crippen molar-refractivity contribution in [1.29, 1.82) is 0 Å². The molecule has 0 fully saturated rings. The van der Waals surface area contributed by atoms with Crippen molar-refractivity contribution in [3.8, 4) is 0 Å². The second-order valence-electron chi connectivity index (χ2n) is 2.29. The van der Waals surface area contributed by atoms with Gasteiger partial charge in [0, 0.05) is 7.05 Å². The van der Waals surface area contributed by atoms with Gasteiger partial charge in [-0.1, -0.05) is 26.2 Å². The first kappa shape index (κ1) is 8.67. The molecule has 0 rings (SSSR count). The van der Waals surface area contributed by atoms with Crippen LogP contribution in [0.4, 0.5) is 0 Å². The lowest BCUT2D eigenvalue weighted by Crippen LogP contribution is -1.77. The van der Waals surface area contributed by atoms with Crippen LogP contribution in [0.3, 0.4) is 0 Å². The van der Waals surface area contributed by atoms with Crippen LogP contribution in [-0.4, -0.2) is 13.3 Å². The average molecular weight is 127 g/mol. The summed E-state index contributed by atoms with van der Waals surface area (Å²) in [4.78, 5) is 3.91. The minimum absolute atomic E-state index is 1.16. The van der Waals surface area contributed by atoms with Crippen LogP contribution in [0.2, 0.25) is 0 Å². The van der Waals surface area contributed by atoms with E-state index in [-0.39, 0.29) is 0 Å². The van der Waals surface area contributed by atoms with Crippen molar-refractivity contribution < 1.29 is 0 Å². The first-order chi connectivity index (χ1) is 4.41. The standard InChI is InChI=1S/C8H17N/c1-3-4-5-6-7-8-9-2/h8H,3-7H2,1-2H3/b9-8+. The van der Waals surface area contributed by atoms with Crippen molar-refractivity contribution in [2.75, 3.05) is 7.05 Å². The van der Waals surface area contributed by atoms with Gasteiger partial charge in [-0.15, -0.1) is 0 Å². The van der Waals surface area contributed by atoms with E-state index in [1.54, 1.807) is 0 Å². The topological polar surface area (TPSA) is 12.4 Å². The molecule has 1 heteroatoms. The molecular formula is C8H17N. The van der Waals surface area contributed by atoms with E-state index < -0.39 is 0 Å². The van der Waals surface area contributed by atoms with E-state index in [1.165, 1.54) is 25.7 Å². The number of rotatable bonds is 5. The van der Waals surface area contributed by atoms with Gasteiger partial charge in [-0.3, -0.25) is 0 Å². The molecule has 0 saturated heterocycles. The normalized spacial score (nSPS) is 10.9. The number of hydrogen-bond donors (Lipinski definition) is 0. The zero-order valence-corrected chi connectivity index (χ0v) is 6.56. The molecule has 0 aliphatic carbocycles. The zero-order valence-electron chi connectivity index (χ0n) is 6.56. The molecule has 0 amide bonds. The minimum Gasteiger partial charge on any atom is -0.301 e. The predicted octanol–water partition coefficient (Wildman–Crippen LogP) is 2.66. The maximum Gasteiger partial charge on any atom is 0.0273 e. The molecule has 0 aliphatic rings. The monoisotopic (exact) mass is 127 g/mol. The fourth-order valence-corrected chi connectivity index (χ4v) is 0.792. The van der Waals surface area contributed by atoms with E-state index in [9.17, 15) is 0 Å². The lowest BCUT2D eigenvalue weighted by Gasteiger charge is -1.92. The van der Waals surface area contributed by atoms with Crippen molar-refractivity contribution >= 4 is 6.21 Å². The highest BCUT2D eigenvalue weighted by molar-refractivity contribution is 5.56. The van der Waals surface area contributed by atoms with Gasteiger partial charge in [-0.05, 0) is 19.1 Å². The summed E-state index contributed by atoms with van der Waals surface area (Å²) in [5.41, 5.74) is 0. The molecule has 0 bridgehead atoms. The molecule has 0 saturated carbocycles. The van der Waals surface area contributed by atoms with Gasteiger partial charge in [-0.2, -0.15) is 0 Å². The third-order valence-electron chi connectivity index (χ3n) is 1.37. The number of nitrogens with zero attached hydrogens (tertiary/aromatic N) is 1. The molecule has 0 spiro atoms. The second kappa shape index (κ2) is 7.67. The quantitative estimate of drug-likeness (QED) is 0.397. The van der Waals surface area contributed by atoms with Crippen LogP contribution >= 0.6 is 0 Å². The molecule has 54 valence electrons. The SMILES string of the molecule is CCCCCC/C=N/C. The van der Waals surface area contributed by atoms with Gasteiger partial charge in [0.1, 0.15) is 0 Å². The Labute approximate surface area is 58.2 Å². The summed E-state index contributed by atoms with van der Waals surface area (Å²) in [5.74, 6) is 0. The summed E-state index contributed by atoms with van der Waals surface area (Å²) in [6.45, 7) is 2.23. The fourth-order valence-electron chi connectivity index (χ4n) is 0.792. The lowest BCUT2D eigenvalue weighted by molar-refractivity contribution is 0.685. The van der Waals surface area contributed by atoms with Gasteiger partial charge in [-0.25, -0.2) is 0 Å². The molecule has 0 atom stereocenters. The molecule has 0 aromatic rings. The van der Waals surface area contributed by atoms with Gasteiger partial charge >= 0.3 is 0 Å². The average Bonchev–Trinajstić information content (AvgIpc) is 1.89. The lowest BCUT2D eigenvalue weighted by atomic mass is 10.2. The van der Waals surface area contributed by atoms with Crippen LogP contribution in [0.5, 0.6) is 0 Å². The molecule has 0 heterocycles. The maximum absolute atomic E-state index is 3.91. The Morgan fingerprint density at radius 2 is 2.00 bits per heavy atom. The summed E-state index contributed by atoms with van der Waals surface area (Å²) in [6.07, 6.45) is 8.53. The van der Waals surface area contributed by atoms with Crippen LogP contribution in [0, 0.1) is 0 Å². The van der Waals surface area contributed by atoms with Gasteiger partial charge in [0.2, 0.25) is 0 Å². The predicted molar refractivity (Wildman–Crippen MR) is 43.2 cm³/mol. The minimum atomic E-state index is 1.16. The van der Waals surface area contributed by atoms with Crippen LogP contribution < -0.4 is 0 Å². The summed E-state index contributed by atoms with van der Waals surface area (Å²) in [7, 11) is 1.83. The van der Waals surface area contributed by atoms with Crippen LogP contribution in [0.15, 0.2) is 4.99 Å². The van der Waals surface area contributed by atoms with Gasteiger partial charge in [0.15, 0.2) is 0 Å². The Balaban J connectivity index is 2.75. The fraction of sp³-hybridized carbons (Fsp3) is 0.875. The molecule has 0 N–H and O–H groups in total. The Bertz CT molecular complexity index is 67.0. The largest absolute Gasteiger partial charge is 0.301 e. The molecule has 0 aromatic carbocycles. The first-order valence-corrected chi connectivity index (χ1v) is 3.82. The van der Waals surface area contributed by atoms with Crippen LogP contribution in [-0.2, 0) is 0 Å². The molecule has 9 heavy (non-hydrogen) atoms. The van der Waals surface area contributed by atoms with Crippen molar-refractivity contribution in [1.82, 2.24) is 0 Å². The Morgan fingerprint density at radius 1 is 1.22 bits per heavy atom. The molecular weight excluding hydrogens is 110 g/mol. The Kier molecular flexibility index (Phi) is 7.39. The van der Waals surface area contributed by atoms with E-state index in [0.29, 0.717) is 0 Å². The van der Waals surface area contributed by atoms with Gasteiger partial charge in [0.25, 0.3) is 0 Å². The molecule has 0 radical (unpaired) electrons. The van der Waals surface area contributed by atoms with Crippen molar-refractivity contribution in [3.63, 3.8) is 0 Å². The second-order valence-corrected chi connectivity index (χ2v) is 2.29.